The van der Waals surface area contributed by atoms with E-state index < -0.39 is 18.9 Å². The van der Waals surface area contributed by atoms with Gasteiger partial charge in [-0.05, 0) is 42.0 Å². The molecule has 0 amide bonds. The number of benzene rings is 1. The van der Waals surface area contributed by atoms with Crippen molar-refractivity contribution in [1.29, 1.82) is 0 Å². The minimum Gasteiger partial charge on any atom is -0.427 e. The van der Waals surface area contributed by atoms with Gasteiger partial charge in [-0.25, -0.2) is 8.78 Å². The predicted octanol–water partition coefficient (Wildman–Crippen LogP) is 4.17. The van der Waals surface area contributed by atoms with Crippen molar-refractivity contribution >= 4 is 23.3 Å². The number of halogens is 3. The van der Waals surface area contributed by atoms with Gasteiger partial charge in [0.15, 0.2) is 0 Å². The third-order valence-electron chi connectivity index (χ3n) is 3.01. The summed E-state index contributed by atoms with van der Waals surface area (Å²) < 4.78 is 30.5. The SMILES string of the molecule is C=C1C(Cl)=CC=C(c2ccc(OC(C)=O)cc2)N1CC(F)F. The highest BCUT2D eigenvalue weighted by Crippen LogP contribution is 2.33. The van der Waals surface area contributed by atoms with E-state index in [1.807, 2.05) is 0 Å². The molecule has 0 fully saturated rings. The Kier molecular flexibility index (Phi) is 4.98. The summed E-state index contributed by atoms with van der Waals surface area (Å²) in [5, 5.41) is 0.320. The first-order valence-electron chi connectivity index (χ1n) is 6.50. The Morgan fingerprint density at radius 3 is 2.50 bits per heavy atom. The molecule has 0 radical (unpaired) electrons. The van der Waals surface area contributed by atoms with Crippen molar-refractivity contribution in [2.75, 3.05) is 6.54 Å². The molecule has 1 aromatic carbocycles. The molecule has 2 rings (SSSR count). The largest absolute Gasteiger partial charge is 0.427 e. The zero-order valence-electron chi connectivity index (χ0n) is 11.9. The average Bonchev–Trinajstić information content (AvgIpc) is 2.44. The fourth-order valence-electron chi connectivity index (χ4n) is 2.07. The van der Waals surface area contributed by atoms with Crippen LogP contribution in [0.3, 0.4) is 0 Å². The Bertz CT molecular complexity index is 651. The molecule has 0 atom stereocenters. The first kappa shape index (κ1) is 16.2. The summed E-state index contributed by atoms with van der Waals surface area (Å²) in [6.45, 7) is 4.55. The number of esters is 1. The highest BCUT2D eigenvalue weighted by Gasteiger charge is 2.23. The number of rotatable bonds is 4. The molecule has 1 aliphatic heterocycles. The molecular formula is C16H14ClF2NO2. The lowest BCUT2D eigenvalue weighted by atomic mass is 10.1. The molecule has 0 spiro atoms. The highest BCUT2D eigenvalue weighted by molar-refractivity contribution is 6.32. The van der Waals surface area contributed by atoms with Gasteiger partial charge in [-0.15, -0.1) is 0 Å². The number of hydrogen-bond acceptors (Lipinski definition) is 3. The third kappa shape index (κ3) is 3.74. The number of carbonyl (C=O) groups is 1. The molecule has 116 valence electrons. The second kappa shape index (κ2) is 6.75. The standard InChI is InChI=1S/C16H14ClF2NO2/c1-10-14(17)7-8-15(20(10)9-16(18)19)12-3-5-13(6-4-12)22-11(2)21/h3-8,16H,1,9H2,2H3. The van der Waals surface area contributed by atoms with E-state index in [2.05, 4.69) is 6.58 Å². The maximum atomic E-state index is 12.8. The minimum atomic E-state index is -2.52. The average molecular weight is 326 g/mol. The second-order valence-electron chi connectivity index (χ2n) is 4.63. The zero-order chi connectivity index (χ0) is 16.3. The van der Waals surface area contributed by atoms with Gasteiger partial charge in [-0.1, -0.05) is 18.2 Å². The fraction of sp³-hybridized carbons (Fsp3) is 0.188. The third-order valence-corrected chi connectivity index (χ3v) is 3.36. The van der Waals surface area contributed by atoms with Crippen LogP contribution in [0, 0.1) is 0 Å². The van der Waals surface area contributed by atoms with E-state index in [4.69, 9.17) is 16.3 Å². The first-order valence-corrected chi connectivity index (χ1v) is 6.87. The van der Waals surface area contributed by atoms with Crippen LogP contribution in [0.1, 0.15) is 12.5 Å². The van der Waals surface area contributed by atoms with Gasteiger partial charge in [0.05, 0.1) is 17.3 Å². The zero-order valence-corrected chi connectivity index (χ0v) is 12.6. The Hall–Kier alpha value is -2.14. The van der Waals surface area contributed by atoms with E-state index >= 15 is 0 Å². The number of nitrogens with zero attached hydrogens (tertiary/aromatic N) is 1. The molecule has 0 bridgehead atoms. The van der Waals surface area contributed by atoms with Crippen LogP contribution in [-0.4, -0.2) is 23.8 Å². The van der Waals surface area contributed by atoms with Gasteiger partial charge in [0.2, 0.25) is 0 Å². The van der Waals surface area contributed by atoms with Crippen molar-refractivity contribution in [1.82, 2.24) is 4.90 Å². The molecular weight excluding hydrogens is 312 g/mol. The van der Waals surface area contributed by atoms with E-state index in [1.165, 1.54) is 11.8 Å². The molecule has 0 aliphatic carbocycles. The normalized spacial score (nSPS) is 14.8. The van der Waals surface area contributed by atoms with E-state index in [0.717, 1.165) is 0 Å². The van der Waals surface area contributed by atoms with Crippen molar-refractivity contribution in [3.8, 4) is 5.75 Å². The second-order valence-corrected chi connectivity index (χ2v) is 5.04. The minimum absolute atomic E-state index is 0.320. The van der Waals surface area contributed by atoms with Gasteiger partial charge in [0, 0.05) is 12.6 Å². The summed E-state index contributed by atoms with van der Waals surface area (Å²) >= 11 is 5.95. The molecule has 3 nitrogen and oxygen atoms in total. The van der Waals surface area contributed by atoms with Crippen molar-refractivity contribution in [3.05, 3.63) is 59.3 Å². The Morgan fingerprint density at radius 2 is 1.95 bits per heavy atom. The van der Waals surface area contributed by atoms with Crippen LogP contribution in [0.5, 0.6) is 5.75 Å². The molecule has 22 heavy (non-hydrogen) atoms. The number of ether oxygens (including phenoxy) is 1. The monoisotopic (exact) mass is 325 g/mol. The number of allylic oxidation sites excluding steroid dienone is 3. The molecule has 1 heterocycles. The van der Waals surface area contributed by atoms with Crippen molar-refractivity contribution in [3.63, 3.8) is 0 Å². The topological polar surface area (TPSA) is 29.5 Å². The molecule has 6 heteroatoms. The van der Waals surface area contributed by atoms with Crippen LogP contribution in [0.15, 0.2) is 53.7 Å². The van der Waals surface area contributed by atoms with E-state index in [9.17, 15) is 13.6 Å². The fourth-order valence-corrected chi connectivity index (χ4v) is 2.24. The lowest BCUT2D eigenvalue weighted by molar-refractivity contribution is -0.131. The van der Waals surface area contributed by atoms with Crippen LogP contribution in [0.2, 0.25) is 0 Å². The molecule has 1 aromatic rings. The van der Waals surface area contributed by atoms with Gasteiger partial charge in [0.25, 0.3) is 6.43 Å². The van der Waals surface area contributed by atoms with Gasteiger partial charge >= 0.3 is 5.97 Å². The van der Waals surface area contributed by atoms with E-state index in [0.29, 0.717) is 27.7 Å². The predicted molar refractivity (Wildman–Crippen MR) is 81.5 cm³/mol. The summed E-state index contributed by atoms with van der Waals surface area (Å²) in [5.74, 6) is -0.0347. The Morgan fingerprint density at radius 1 is 1.32 bits per heavy atom. The van der Waals surface area contributed by atoms with Crippen molar-refractivity contribution in [2.45, 2.75) is 13.3 Å². The first-order chi connectivity index (χ1) is 10.4. The summed E-state index contributed by atoms with van der Waals surface area (Å²) in [7, 11) is 0. The molecule has 0 N–H and O–H groups in total. The number of hydrogen-bond donors (Lipinski definition) is 0. The highest BCUT2D eigenvalue weighted by atomic mass is 35.5. The Balaban J connectivity index is 2.31. The van der Waals surface area contributed by atoms with Crippen LogP contribution in [-0.2, 0) is 4.79 Å². The van der Waals surface area contributed by atoms with Crippen molar-refractivity contribution < 1.29 is 18.3 Å². The quantitative estimate of drug-likeness (QED) is 0.614. The van der Waals surface area contributed by atoms with Crippen molar-refractivity contribution in [2.24, 2.45) is 0 Å². The van der Waals surface area contributed by atoms with Gasteiger partial charge in [0.1, 0.15) is 5.75 Å². The summed E-state index contributed by atoms with van der Waals surface area (Å²) in [6.07, 6.45) is 0.740. The lowest BCUT2D eigenvalue weighted by Crippen LogP contribution is -2.28. The van der Waals surface area contributed by atoms with Crippen LogP contribution < -0.4 is 4.74 Å². The maximum absolute atomic E-state index is 12.8. The molecule has 0 unspecified atom stereocenters. The number of carbonyl (C=O) groups excluding carboxylic acids is 1. The van der Waals surface area contributed by atoms with E-state index in [-0.39, 0.29) is 0 Å². The molecule has 1 aliphatic rings. The van der Waals surface area contributed by atoms with Crippen LogP contribution in [0.4, 0.5) is 8.78 Å². The molecule has 0 saturated carbocycles. The van der Waals surface area contributed by atoms with Crippen LogP contribution in [0.25, 0.3) is 5.70 Å². The smallest absolute Gasteiger partial charge is 0.308 e. The summed E-state index contributed by atoms with van der Waals surface area (Å²) in [5.41, 5.74) is 1.57. The summed E-state index contributed by atoms with van der Waals surface area (Å²) in [4.78, 5) is 12.3. The number of alkyl halides is 2. The summed E-state index contributed by atoms with van der Waals surface area (Å²) in [6, 6.07) is 6.56. The maximum Gasteiger partial charge on any atom is 0.308 e. The van der Waals surface area contributed by atoms with Gasteiger partial charge in [-0.2, -0.15) is 0 Å². The van der Waals surface area contributed by atoms with Gasteiger partial charge < -0.3 is 9.64 Å². The molecule has 0 saturated heterocycles. The van der Waals surface area contributed by atoms with Crippen LogP contribution >= 0.6 is 11.6 Å². The van der Waals surface area contributed by atoms with Gasteiger partial charge in [-0.3, -0.25) is 4.79 Å². The van der Waals surface area contributed by atoms with E-state index in [1.54, 1.807) is 36.4 Å². The lowest BCUT2D eigenvalue weighted by Gasteiger charge is -2.31. The molecule has 0 aromatic heterocycles. The Labute approximate surface area is 132 Å².